The maximum absolute atomic E-state index is 13.1. The van der Waals surface area contributed by atoms with E-state index >= 15 is 0 Å². The third-order valence-corrected chi connectivity index (χ3v) is 8.06. The van der Waals surface area contributed by atoms with Gasteiger partial charge in [0.05, 0.1) is 17.8 Å². The molecule has 1 aromatic rings. The summed E-state index contributed by atoms with van der Waals surface area (Å²) in [6.45, 7) is 6.91. The minimum absolute atomic E-state index is 0.0726. The highest BCUT2D eigenvalue weighted by molar-refractivity contribution is 5.94. The summed E-state index contributed by atoms with van der Waals surface area (Å²) in [5.41, 5.74) is -2.06. The van der Waals surface area contributed by atoms with Gasteiger partial charge in [0.25, 0.3) is 5.91 Å². The zero-order valence-corrected chi connectivity index (χ0v) is 20.9. The van der Waals surface area contributed by atoms with E-state index in [1.807, 2.05) is 6.92 Å². The van der Waals surface area contributed by atoms with Crippen molar-refractivity contribution in [3.8, 4) is 0 Å². The molecule has 3 rings (SSSR count). The summed E-state index contributed by atoms with van der Waals surface area (Å²) < 4.78 is 43.7. The van der Waals surface area contributed by atoms with Crippen LogP contribution in [-0.2, 0) is 15.7 Å². The third-order valence-electron chi connectivity index (χ3n) is 8.06. The topological polar surface area (TPSA) is 87.7 Å². The van der Waals surface area contributed by atoms with Gasteiger partial charge < -0.3 is 20.5 Å². The normalized spacial score (nSPS) is 29.9. The van der Waals surface area contributed by atoms with Gasteiger partial charge in [0, 0.05) is 31.7 Å². The fraction of sp³-hybridized carbons (Fsp3) is 0.692. The van der Waals surface area contributed by atoms with Crippen LogP contribution < -0.4 is 10.6 Å². The van der Waals surface area contributed by atoms with Gasteiger partial charge in [-0.15, -0.1) is 0 Å². The Labute approximate surface area is 205 Å². The Balaban J connectivity index is 1.82. The second kappa shape index (κ2) is 10.1. The standard InChI is InChI=1S/C26H37F3N2O4/c1-23(2)16-20(31-22(33)17-5-7-18(8-6-17)26(27,28)29)25(10-9-21(32)30-13-14-35-4)12-11-24(3,34)15-19(23)25/h5-8,19-20,34H,9-16H2,1-4H3,(H,30,32)(H,31,33). The minimum Gasteiger partial charge on any atom is -0.390 e. The monoisotopic (exact) mass is 498 g/mol. The summed E-state index contributed by atoms with van der Waals surface area (Å²) in [5.74, 6) is -0.449. The van der Waals surface area contributed by atoms with Crippen LogP contribution in [0.2, 0.25) is 0 Å². The molecule has 1 aromatic carbocycles. The van der Waals surface area contributed by atoms with Crippen molar-refractivity contribution in [3.05, 3.63) is 35.4 Å². The van der Waals surface area contributed by atoms with E-state index in [0.29, 0.717) is 45.3 Å². The van der Waals surface area contributed by atoms with Crippen molar-refractivity contribution >= 4 is 11.8 Å². The molecular weight excluding hydrogens is 461 g/mol. The molecule has 4 unspecified atom stereocenters. The third kappa shape index (κ3) is 6.17. The lowest BCUT2D eigenvalue weighted by Gasteiger charge is -2.50. The van der Waals surface area contributed by atoms with Gasteiger partial charge in [0.1, 0.15) is 0 Å². The fourth-order valence-corrected chi connectivity index (χ4v) is 6.21. The average molecular weight is 499 g/mol. The predicted octanol–water partition coefficient (Wildman–Crippen LogP) is 4.31. The highest BCUT2D eigenvalue weighted by Gasteiger charge is 2.61. The van der Waals surface area contributed by atoms with Gasteiger partial charge in [-0.25, -0.2) is 0 Å². The number of alkyl halides is 3. The zero-order chi connectivity index (χ0) is 26.1. The molecule has 0 heterocycles. The predicted molar refractivity (Wildman–Crippen MR) is 126 cm³/mol. The Morgan fingerprint density at radius 2 is 1.77 bits per heavy atom. The smallest absolute Gasteiger partial charge is 0.390 e. The second-order valence-corrected chi connectivity index (χ2v) is 11.1. The maximum atomic E-state index is 13.1. The van der Waals surface area contributed by atoms with Crippen molar-refractivity contribution in [1.82, 2.24) is 10.6 Å². The second-order valence-electron chi connectivity index (χ2n) is 11.1. The molecule has 9 heteroatoms. The lowest BCUT2D eigenvalue weighted by molar-refractivity contribution is -0.137. The lowest BCUT2D eigenvalue weighted by Crippen LogP contribution is -2.52. The van der Waals surface area contributed by atoms with Crippen LogP contribution in [0.25, 0.3) is 0 Å². The summed E-state index contributed by atoms with van der Waals surface area (Å²) in [4.78, 5) is 25.6. The van der Waals surface area contributed by atoms with E-state index in [0.717, 1.165) is 12.1 Å². The number of carbonyl (C=O) groups excluding carboxylic acids is 2. The largest absolute Gasteiger partial charge is 0.416 e. The SMILES string of the molecule is COCCNC(=O)CCC12CCC(C)(O)CC1C(C)(C)CC2NC(=O)c1ccc(C(F)(F)F)cc1. The molecule has 196 valence electrons. The molecule has 3 N–H and O–H groups in total. The van der Waals surface area contributed by atoms with Gasteiger partial charge in [0.15, 0.2) is 0 Å². The van der Waals surface area contributed by atoms with Crippen molar-refractivity contribution in [2.24, 2.45) is 16.7 Å². The summed E-state index contributed by atoms with van der Waals surface area (Å²) in [7, 11) is 1.56. The van der Waals surface area contributed by atoms with Crippen LogP contribution in [0, 0.1) is 16.7 Å². The zero-order valence-electron chi connectivity index (χ0n) is 20.9. The quantitative estimate of drug-likeness (QED) is 0.466. The molecule has 2 saturated carbocycles. The summed E-state index contributed by atoms with van der Waals surface area (Å²) in [6, 6.07) is 3.94. The number of benzene rings is 1. The highest BCUT2D eigenvalue weighted by Crippen LogP contribution is 2.63. The first-order valence-electron chi connectivity index (χ1n) is 12.2. The Bertz CT molecular complexity index is 914. The molecule has 2 aliphatic rings. The van der Waals surface area contributed by atoms with Crippen molar-refractivity contribution < 1.29 is 32.6 Å². The first-order valence-corrected chi connectivity index (χ1v) is 12.2. The maximum Gasteiger partial charge on any atom is 0.416 e. The number of halogens is 3. The van der Waals surface area contributed by atoms with E-state index in [-0.39, 0.29) is 35.3 Å². The molecule has 0 saturated heterocycles. The van der Waals surface area contributed by atoms with E-state index < -0.39 is 28.7 Å². The van der Waals surface area contributed by atoms with Crippen molar-refractivity contribution in [3.63, 3.8) is 0 Å². The Kier molecular flexibility index (Phi) is 7.91. The van der Waals surface area contributed by atoms with E-state index in [1.54, 1.807) is 7.11 Å². The van der Waals surface area contributed by atoms with Crippen molar-refractivity contribution in [2.45, 2.75) is 77.1 Å². The van der Waals surface area contributed by atoms with Crippen LogP contribution in [0.3, 0.4) is 0 Å². The molecular formula is C26H37F3N2O4. The van der Waals surface area contributed by atoms with Crippen molar-refractivity contribution in [1.29, 1.82) is 0 Å². The minimum atomic E-state index is -4.47. The molecule has 0 radical (unpaired) electrons. The Morgan fingerprint density at radius 1 is 1.11 bits per heavy atom. The van der Waals surface area contributed by atoms with Crippen LogP contribution in [0.1, 0.15) is 75.2 Å². The van der Waals surface area contributed by atoms with Gasteiger partial charge in [-0.2, -0.15) is 13.2 Å². The van der Waals surface area contributed by atoms with Crippen LogP contribution in [0.5, 0.6) is 0 Å². The summed E-state index contributed by atoms with van der Waals surface area (Å²) in [5, 5.41) is 16.8. The van der Waals surface area contributed by atoms with Gasteiger partial charge in [-0.05, 0) is 80.0 Å². The number of ether oxygens (including phenoxy) is 1. The van der Waals surface area contributed by atoms with Gasteiger partial charge in [-0.1, -0.05) is 13.8 Å². The number of nitrogens with one attached hydrogen (secondary N) is 2. The van der Waals surface area contributed by atoms with Crippen LogP contribution in [-0.4, -0.2) is 48.8 Å². The van der Waals surface area contributed by atoms with Crippen molar-refractivity contribution in [2.75, 3.05) is 20.3 Å². The lowest BCUT2D eigenvalue weighted by atomic mass is 9.57. The van der Waals surface area contributed by atoms with E-state index in [1.165, 1.54) is 12.1 Å². The number of methoxy groups -OCH3 is 1. The number of aliphatic hydroxyl groups is 1. The Hall–Kier alpha value is -2.13. The fourth-order valence-electron chi connectivity index (χ4n) is 6.21. The summed E-state index contributed by atoms with van der Waals surface area (Å²) in [6.07, 6.45) is -1.21. The molecule has 35 heavy (non-hydrogen) atoms. The number of amides is 2. The van der Waals surface area contributed by atoms with E-state index in [4.69, 9.17) is 4.74 Å². The first-order chi connectivity index (χ1) is 16.2. The van der Waals surface area contributed by atoms with Crippen LogP contribution in [0.4, 0.5) is 13.2 Å². The first kappa shape index (κ1) is 27.5. The molecule has 6 nitrogen and oxygen atoms in total. The number of fused-ring (bicyclic) bond motifs is 1. The molecule has 2 fully saturated rings. The number of hydrogen-bond acceptors (Lipinski definition) is 4. The highest BCUT2D eigenvalue weighted by atomic mass is 19.4. The average Bonchev–Trinajstić information content (AvgIpc) is 2.97. The molecule has 0 spiro atoms. The van der Waals surface area contributed by atoms with Gasteiger partial charge in [-0.3, -0.25) is 9.59 Å². The molecule has 0 bridgehead atoms. The van der Waals surface area contributed by atoms with E-state index in [2.05, 4.69) is 24.5 Å². The van der Waals surface area contributed by atoms with Crippen LogP contribution >= 0.6 is 0 Å². The molecule has 2 aliphatic carbocycles. The molecule has 4 atom stereocenters. The number of rotatable bonds is 8. The number of carbonyl (C=O) groups is 2. The van der Waals surface area contributed by atoms with E-state index in [9.17, 15) is 27.9 Å². The van der Waals surface area contributed by atoms with Gasteiger partial charge in [0.2, 0.25) is 5.91 Å². The molecule has 0 aliphatic heterocycles. The molecule has 2 amide bonds. The summed E-state index contributed by atoms with van der Waals surface area (Å²) >= 11 is 0. The van der Waals surface area contributed by atoms with Gasteiger partial charge >= 0.3 is 6.18 Å². The molecule has 0 aromatic heterocycles. The number of hydrogen-bond donors (Lipinski definition) is 3. The Morgan fingerprint density at radius 3 is 2.37 bits per heavy atom. The van der Waals surface area contributed by atoms with Crippen LogP contribution in [0.15, 0.2) is 24.3 Å².